The summed E-state index contributed by atoms with van der Waals surface area (Å²) >= 11 is 0. The summed E-state index contributed by atoms with van der Waals surface area (Å²) < 4.78 is 15.2. The van der Waals surface area contributed by atoms with Gasteiger partial charge in [0.2, 0.25) is 0 Å². The zero-order valence-corrected chi connectivity index (χ0v) is 20.9. The van der Waals surface area contributed by atoms with Crippen molar-refractivity contribution in [3.05, 3.63) is 60.0 Å². The third kappa shape index (κ3) is 6.34. The molecule has 1 atom stereocenters. The summed E-state index contributed by atoms with van der Waals surface area (Å²) in [5.41, 5.74) is 2.61. The van der Waals surface area contributed by atoms with Crippen LogP contribution in [0.5, 0.6) is 0 Å². The fraction of sp³-hybridized carbons (Fsp3) is 0.481. The van der Waals surface area contributed by atoms with E-state index in [1.807, 2.05) is 31.6 Å². The molecule has 3 aromatic rings. The first-order chi connectivity index (χ1) is 15.4. The smallest absolute Gasteiger partial charge is 0.315 e. The van der Waals surface area contributed by atoms with E-state index >= 15 is 0 Å². The Hall–Kier alpha value is -2.89. The third-order valence-corrected chi connectivity index (χ3v) is 5.91. The molecular formula is C27H37FN4O. The number of benzene rings is 2. The van der Waals surface area contributed by atoms with Crippen LogP contribution in [0.2, 0.25) is 0 Å². The SMILES string of the molecule is CC(C)CC(c1ccc2c(cnn2-c2ccc(F)cc2)c1)C(C)(C)CNC(=O)NC(C)(C)C. The van der Waals surface area contributed by atoms with Crippen molar-refractivity contribution in [3.63, 3.8) is 0 Å². The molecule has 2 amide bonds. The second-order valence-electron chi connectivity index (χ2n) is 11.1. The van der Waals surface area contributed by atoms with E-state index in [4.69, 9.17) is 0 Å². The molecule has 0 fully saturated rings. The lowest BCUT2D eigenvalue weighted by Crippen LogP contribution is -2.49. The Morgan fingerprint density at radius 2 is 1.73 bits per heavy atom. The quantitative estimate of drug-likeness (QED) is 0.435. The fourth-order valence-corrected chi connectivity index (χ4v) is 4.25. The van der Waals surface area contributed by atoms with Gasteiger partial charge in [-0.05, 0) is 86.4 Å². The number of carbonyl (C=O) groups excluding carboxylic acids is 1. The molecular weight excluding hydrogens is 415 g/mol. The van der Waals surface area contributed by atoms with Gasteiger partial charge in [-0.25, -0.2) is 13.9 Å². The first-order valence-electron chi connectivity index (χ1n) is 11.7. The van der Waals surface area contributed by atoms with Gasteiger partial charge < -0.3 is 10.6 Å². The molecule has 0 spiro atoms. The number of urea groups is 1. The van der Waals surface area contributed by atoms with Gasteiger partial charge >= 0.3 is 6.03 Å². The Bertz CT molecular complexity index is 1090. The van der Waals surface area contributed by atoms with Crippen molar-refractivity contribution in [2.75, 3.05) is 6.54 Å². The lowest BCUT2D eigenvalue weighted by molar-refractivity contribution is 0.211. The van der Waals surface area contributed by atoms with Crippen LogP contribution in [0.15, 0.2) is 48.7 Å². The molecule has 0 saturated carbocycles. The molecule has 0 saturated heterocycles. The molecule has 2 N–H and O–H groups in total. The molecule has 0 aliphatic rings. The largest absolute Gasteiger partial charge is 0.338 e. The van der Waals surface area contributed by atoms with E-state index in [0.717, 1.165) is 23.0 Å². The van der Waals surface area contributed by atoms with Crippen LogP contribution < -0.4 is 10.6 Å². The highest BCUT2D eigenvalue weighted by Gasteiger charge is 2.32. The summed E-state index contributed by atoms with van der Waals surface area (Å²) in [7, 11) is 0. The Balaban J connectivity index is 1.87. The first kappa shape index (κ1) is 24.7. The molecule has 6 heteroatoms. The van der Waals surface area contributed by atoms with Crippen LogP contribution in [0, 0.1) is 17.2 Å². The number of aromatic nitrogens is 2. The maximum Gasteiger partial charge on any atom is 0.315 e. The molecule has 0 bridgehead atoms. The summed E-state index contributed by atoms with van der Waals surface area (Å²) in [6, 6.07) is 12.7. The van der Waals surface area contributed by atoms with Gasteiger partial charge in [0.15, 0.2) is 0 Å². The molecule has 1 aromatic heterocycles. The van der Waals surface area contributed by atoms with Gasteiger partial charge in [0.25, 0.3) is 0 Å². The normalized spacial score (nSPS) is 13.4. The second kappa shape index (κ2) is 9.54. The second-order valence-corrected chi connectivity index (χ2v) is 11.1. The minimum atomic E-state index is -0.277. The van der Waals surface area contributed by atoms with E-state index in [-0.39, 0.29) is 28.7 Å². The number of carbonyl (C=O) groups is 1. The van der Waals surface area contributed by atoms with Gasteiger partial charge in [-0.1, -0.05) is 33.8 Å². The van der Waals surface area contributed by atoms with Gasteiger partial charge in [0.1, 0.15) is 5.82 Å². The molecule has 3 rings (SSSR count). The van der Waals surface area contributed by atoms with Crippen molar-refractivity contribution in [2.24, 2.45) is 11.3 Å². The van der Waals surface area contributed by atoms with Crippen molar-refractivity contribution in [1.82, 2.24) is 20.4 Å². The number of fused-ring (bicyclic) bond motifs is 1. The Morgan fingerprint density at radius 1 is 1.06 bits per heavy atom. The lowest BCUT2D eigenvalue weighted by atomic mass is 9.71. The van der Waals surface area contributed by atoms with Gasteiger partial charge in [-0.2, -0.15) is 5.10 Å². The van der Waals surface area contributed by atoms with Crippen LogP contribution in [0.25, 0.3) is 16.6 Å². The number of nitrogens with zero attached hydrogens (tertiary/aromatic N) is 2. The van der Waals surface area contributed by atoms with Crippen LogP contribution in [-0.4, -0.2) is 27.9 Å². The molecule has 0 aliphatic carbocycles. The van der Waals surface area contributed by atoms with Gasteiger partial charge in [0.05, 0.1) is 17.4 Å². The molecule has 5 nitrogen and oxygen atoms in total. The monoisotopic (exact) mass is 452 g/mol. The lowest BCUT2D eigenvalue weighted by Gasteiger charge is -2.36. The fourth-order valence-electron chi connectivity index (χ4n) is 4.25. The number of rotatable bonds is 7. The number of nitrogens with one attached hydrogen (secondary N) is 2. The van der Waals surface area contributed by atoms with Crippen molar-refractivity contribution in [1.29, 1.82) is 0 Å². The Kier molecular flexibility index (Phi) is 7.15. The molecule has 33 heavy (non-hydrogen) atoms. The standard InChI is InChI=1S/C27H37FN4O/c1-18(2)14-23(27(6,7)17-29-25(33)31-26(3,4)5)19-8-13-24-20(15-19)16-30-32(24)22-11-9-21(28)10-12-22/h8-13,15-16,18,23H,14,17H2,1-7H3,(H2,29,31,33). The van der Waals surface area contributed by atoms with Crippen molar-refractivity contribution < 1.29 is 9.18 Å². The van der Waals surface area contributed by atoms with Crippen LogP contribution >= 0.6 is 0 Å². The van der Waals surface area contributed by atoms with Crippen molar-refractivity contribution >= 4 is 16.9 Å². The summed E-state index contributed by atoms with van der Waals surface area (Å²) in [6.07, 6.45) is 2.86. The summed E-state index contributed by atoms with van der Waals surface area (Å²) in [5, 5.41) is 11.6. The molecule has 0 radical (unpaired) electrons. The van der Waals surface area contributed by atoms with Gasteiger partial charge in [-0.15, -0.1) is 0 Å². The van der Waals surface area contributed by atoms with E-state index in [1.165, 1.54) is 17.7 Å². The van der Waals surface area contributed by atoms with E-state index in [9.17, 15) is 9.18 Å². The summed E-state index contributed by atoms with van der Waals surface area (Å²) in [5.74, 6) is 0.502. The average Bonchev–Trinajstić information content (AvgIpc) is 3.13. The molecule has 178 valence electrons. The molecule has 1 unspecified atom stereocenters. The van der Waals surface area contributed by atoms with Crippen molar-refractivity contribution in [3.8, 4) is 5.69 Å². The minimum absolute atomic E-state index is 0.144. The maximum absolute atomic E-state index is 13.3. The minimum Gasteiger partial charge on any atom is -0.338 e. The predicted molar refractivity (Wildman–Crippen MR) is 133 cm³/mol. The van der Waals surface area contributed by atoms with Crippen LogP contribution in [-0.2, 0) is 0 Å². The summed E-state index contributed by atoms with van der Waals surface area (Å²) in [4.78, 5) is 12.4. The highest BCUT2D eigenvalue weighted by Crippen LogP contribution is 2.41. The first-order valence-corrected chi connectivity index (χ1v) is 11.7. The zero-order chi connectivity index (χ0) is 24.4. The predicted octanol–water partition coefficient (Wildman–Crippen LogP) is 6.42. The van der Waals surface area contributed by atoms with E-state index in [2.05, 4.69) is 61.6 Å². The highest BCUT2D eigenvalue weighted by molar-refractivity contribution is 5.81. The van der Waals surface area contributed by atoms with E-state index in [0.29, 0.717) is 12.5 Å². The van der Waals surface area contributed by atoms with Crippen LogP contribution in [0.4, 0.5) is 9.18 Å². The topological polar surface area (TPSA) is 59.0 Å². The zero-order valence-electron chi connectivity index (χ0n) is 20.9. The highest BCUT2D eigenvalue weighted by atomic mass is 19.1. The van der Waals surface area contributed by atoms with E-state index < -0.39 is 0 Å². The van der Waals surface area contributed by atoms with E-state index in [1.54, 1.807) is 12.1 Å². The Labute approximate surface area is 196 Å². The van der Waals surface area contributed by atoms with Crippen LogP contribution in [0.1, 0.15) is 66.4 Å². The number of hydrogen-bond acceptors (Lipinski definition) is 2. The number of amides is 2. The third-order valence-electron chi connectivity index (χ3n) is 5.91. The van der Waals surface area contributed by atoms with Crippen LogP contribution in [0.3, 0.4) is 0 Å². The number of hydrogen-bond donors (Lipinski definition) is 2. The summed E-state index contributed by atoms with van der Waals surface area (Å²) in [6.45, 7) is 15.4. The number of halogens is 1. The Morgan fingerprint density at radius 3 is 2.33 bits per heavy atom. The maximum atomic E-state index is 13.3. The average molecular weight is 453 g/mol. The molecule has 1 heterocycles. The van der Waals surface area contributed by atoms with Crippen molar-refractivity contribution in [2.45, 2.75) is 66.3 Å². The molecule has 2 aromatic carbocycles. The van der Waals surface area contributed by atoms with Gasteiger partial charge in [0, 0.05) is 17.5 Å². The molecule has 0 aliphatic heterocycles. The van der Waals surface area contributed by atoms with Gasteiger partial charge in [-0.3, -0.25) is 0 Å².